The van der Waals surface area contributed by atoms with Crippen molar-refractivity contribution in [3.05, 3.63) is 53.4 Å². The Labute approximate surface area is 126 Å². The standard InChI is InChI=1S/C17H23N3O/c1-14-10-17(19-21-14)11-18-16-8-5-9-20(13-16)12-15-6-3-2-4-7-15/h2-4,6-7,10,16,18H,5,8-9,11-13H2,1H3. The van der Waals surface area contributed by atoms with Gasteiger partial charge in [-0.3, -0.25) is 4.90 Å². The minimum absolute atomic E-state index is 0.541. The zero-order valence-electron chi connectivity index (χ0n) is 12.6. The van der Waals surface area contributed by atoms with Crippen LogP contribution in [-0.4, -0.2) is 29.2 Å². The predicted octanol–water partition coefficient (Wildman–Crippen LogP) is 2.74. The summed E-state index contributed by atoms with van der Waals surface area (Å²) in [7, 11) is 0. The molecule has 0 amide bonds. The molecule has 1 aliphatic heterocycles. The van der Waals surface area contributed by atoms with E-state index in [-0.39, 0.29) is 0 Å². The van der Waals surface area contributed by atoms with Crippen LogP contribution in [-0.2, 0) is 13.1 Å². The van der Waals surface area contributed by atoms with Crippen molar-refractivity contribution >= 4 is 0 Å². The van der Waals surface area contributed by atoms with Gasteiger partial charge in [-0.25, -0.2) is 0 Å². The Hall–Kier alpha value is -1.65. The lowest BCUT2D eigenvalue weighted by molar-refractivity contribution is 0.182. The Bertz CT molecular complexity index is 552. The summed E-state index contributed by atoms with van der Waals surface area (Å²) >= 11 is 0. The van der Waals surface area contributed by atoms with Gasteiger partial charge in [-0.15, -0.1) is 0 Å². The molecule has 0 saturated carbocycles. The summed E-state index contributed by atoms with van der Waals surface area (Å²) in [4.78, 5) is 2.53. The van der Waals surface area contributed by atoms with Gasteiger partial charge in [0.15, 0.2) is 0 Å². The van der Waals surface area contributed by atoms with Gasteiger partial charge in [0.1, 0.15) is 5.76 Å². The Kier molecular flexibility index (Phi) is 4.68. The molecule has 112 valence electrons. The van der Waals surface area contributed by atoms with E-state index in [1.54, 1.807) is 0 Å². The van der Waals surface area contributed by atoms with Crippen LogP contribution < -0.4 is 5.32 Å². The zero-order chi connectivity index (χ0) is 14.5. The maximum absolute atomic E-state index is 5.10. The predicted molar refractivity (Wildman–Crippen MR) is 82.8 cm³/mol. The van der Waals surface area contributed by atoms with E-state index in [9.17, 15) is 0 Å². The van der Waals surface area contributed by atoms with Crippen LogP contribution in [0.3, 0.4) is 0 Å². The molecule has 1 fully saturated rings. The van der Waals surface area contributed by atoms with Gasteiger partial charge in [-0.2, -0.15) is 0 Å². The molecule has 1 aromatic heterocycles. The first kappa shape index (κ1) is 14.3. The van der Waals surface area contributed by atoms with E-state index in [1.807, 2.05) is 13.0 Å². The summed E-state index contributed by atoms with van der Waals surface area (Å²) < 4.78 is 5.10. The minimum Gasteiger partial charge on any atom is -0.361 e. The number of likely N-dealkylation sites (tertiary alicyclic amines) is 1. The normalized spacial score (nSPS) is 19.8. The Morgan fingerprint density at radius 1 is 1.33 bits per heavy atom. The molecule has 0 spiro atoms. The van der Waals surface area contributed by atoms with E-state index in [0.717, 1.165) is 31.1 Å². The van der Waals surface area contributed by atoms with Gasteiger partial charge < -0.3 is 9.84 Å². The topological polar surface area (TPSA) is 41.3 Å². The van der Waals surface area contributed by atoms with E-state index in [1.165, 1.54) is 24.9 Å². The number of aryl methyl sites for hydroxylation is 1. The van der Waals surface area contributed by atoms with Crippen LogP contribution in [0.2, 0.25) is 0 Å². The summed E-state index contributed by atoms with van der Waals surface area (Å²) in [5, 5.41) is 7.64. The number of nitrogens with zero attached hydrogens (tertiary/aromatic N) is 2. The number of hydrogen-bond acceptors (Lipinski definition) is 4. The molecule has 1 atom stereocenters. The molecule has 1 aliphatic rings. The van der Waals surface area contributed by atoms with Crippen LogP contribution in [0.5, 0.6) is 0 Å². The van der Waals surface area contributed by atoms with Crippen LogP contribution in [0.15, 0.2) is 40.9 Å². The van der Waals surface area contributed by atoms with Gasteiger partial charge in [0.2, 0.25) is 0 Å². The monoisotopic (exact) mass is 285 g/mol. The first-order valence-corrected chi connectivity index (χ1v) is 7.71. The molecule has 1 N–H and O–H groups in total. The third kappa shape index (κ3) is 4.16. The van der Waals surface area contributed by atoms with E-state index in [0.29, 0.717) is 6.04 Å². The van der Waals surface area contributed by atoms with Gasteiger partial charge in [0, 0.05) is 31.7 Å². The highest BCUT2D eigenvalue weighted by molar-refractivity contribution is 5.14. The lowest BCUT2D eigenvalue weighted by Crippen LogP contribution is -2.45. The van der Waals surface area contributed by atoms with Gasteiger partial charge in [0.05, 0.1) is 5.69 Å². The first-order chi connectivity index (χ1) is 10.3. The van der Waals surface area contributed by atoms with Crippen LogP contribution in [0.25, 0.3) is 0 Å². The second-order valence-corrected chi connectivity index (χ2v) is 5.87. The number of benzene rings is 1. The lowest BCUT2D eigenvalue weighted by Gasteiger charge is -2.33. The molecule has 0 radical (unpaired) electrons. The quantitative estimate of drug-likeness (QED) is 0.917. The second kappa shape index (κ2) is 6.87. The molecule has 0 aliphatic carbocycles. The van der Waals surface area contributed by atoms with Gasteiger partial charge in [-0.05, 0) is 31.9 Å². The molecule has 4 heteroatoms. The zero-order valence-corrected chi connectivity index (χ0v) is 12.6. The van der Waals surface area contributed by atoms with Gasteiger partial charge in [0.25, 0.3) is 0 Å². The van der Waals surface area contributed by atoms with Crippen molar-refractivity contribution in [1.29, 1.82) is 0 Å². The van der Waals surface area contributed by atoms with E-state index >= 15 is 0 Å². The molecule has 1 saturated heterocycles. The number of rotatable bonds is 5. The minimum atomic E-state index is 0.541. The largest absolute Gasteiger partial charge is 0.361 e. The summed E-state index contributed by atoms with van der Waals surface area (Å²) in [5.74, 6) is 0.876. The van der Waals surface area contributed by atoms with Crippen LogP contribution in [0, 0.1) is 6.92 Å². The average molecular weight is 285 g/mol. The van der Waals surface area contributed by atoms with Crippen molar-refractivity contribution in [3.63, 3.8) is 0 Å². The highest BCUT2D eigenvalue weighted by Gasteiger charge is 2.19. The third-order valence-corrected chi connectivity index (χ3v) is 4.00. The lowest BCUT2D eigenvalue weighted by atomic mass is 10.0. The Morgan fingerprint density at radius 2 is 2.19 bits per heavy atom. The van der Waals surface area contributed by atoms with Crippen LogP contribution >= 0.6 is 0 Å². The molecule has 1 unspecified atom stereocenters. The number of hydrogen-bond donors (Lipinski definition) is 1. The van der Waals surface area contributed by atoms with Crippen LogP contribution in [0.1, 0.15) is 29.9 Å². The average Bonchev–Trinajstić information content (AvgIpc) is 2.92. The fourth-order valence-corrected chi connectivity index (χ4v) is 2.96. The fraction of sp³-hybridized carbons (Fsp3) is 0.471. The summed E-state index contributed by atoms with van der Waals surface area (Å²) in [5.41, 5.74) is 2.39. The Morgan fingerprint density at radius 3 is 2.95 bits per heavy atom. The fourth-order valence-electron chi connectivity index (χ4n) is 2.96. The molecule has 0 bridgehead atoms. The van der Waals surface area contributed by atoms with Crippen molar-refractivity contribution in [1.82, 2.24) is 15.4 Å². The van der Waals surface area contributed by atoms with E-state index in [2.05, 4.69) is 45.7 Å². The van der Waals surface area contributed by atoms with Gasteiger partial charge >= 0.3 is 0 Å². The van der Waals surface area contributed by atoms with Crippen molar-refractivity contribution in [3.8, 4) is 0 Å². The summed E-state index contributed by atoms with van der Waals surface area (Å²) in [6.07, 6.45) is 2.49. The highest BCUT2D eigenvalue weighted by atomic mass is 16.5. The van der Waals surface area contributed by atoms with Gasteiger partial charge in [-0.1, -0.05) is 35.5 Å². The molecular weight excluding hydrogens is 262 g/mol. The number of nitrogens with one attached hydrogen (secondary N) is 1. The Balaban J connectivity index is 1.49. The highest BCUT2D eigenvalue weighted by Crippen LogP contribution is 2.14. The molecule has 3 rings (SSSR count). The maximum Gasteiger partial charge on any atom is 0.133 e. The molecular formula is C17H23N3O. The maximum atomic E-state index is 5.10. The smallest absolute Gasteiger partial charge is 0.133 e. The van der Waals surface area contributed by atoms with E-state index in [4.69, 9.17) is 4.52 Å². The second-order valence-electron chi connectivity index (χ2n) is 5.87. The van der Waals surface area contributed by atoms with Crippen LogP contribution in [0.4, 0.5) is 0 Å². The molecule has 21 heavy (non-hydrogen) atoms. The molecule has 4 nitrogen and oxygen atoms in total. The number of piperidine rings is 1. The van der Waals surface area contributed by atoms with Crippen molar-refractivity contribution in [2.75, 3.05) is 13.1 Å². The SMILES string of the molecule is Cc1cc(CNC2CCCN(Cc3ccccc3)C2)no1. The van der Waals surface area contributed by atoms with Crippen molar-refractivity contribution in [2.24, 2.45) is 0 Å². The van der Waals surface area contributed by atoms with E-state index < -0.39 is 0 Å². The molecule has 1 aromatic carbocycles. The molecule has 2 aromatic rings. The van der Waals surface area contributed by atoms with Crippen molar-refractivity contribution in [2.45, 2.75) is 38.9 Å². The first-order valence-electron chi connectivity index (χ1n) is 7.71. The summed E-state index contributed by atoms with van der Waals surface area (Å²) in [6, 6.07) is 13.2. The third-order valence-electron chi connectivity index (χ3n) is 4.00. The van der Waals surface area contributed by atoms with Crippen molar-refractivity contribution < 1.29 is 4.52 Å². The summed E-state index contributed by atoms with van der Waals surface area (Å²) in [6.45, 7) is 6.06. The molecule has 2 heterocycles. The number of aromatic nitrogens is 1.